The number of hydrogen-bond donors (Lipinski definition) is 0. The number of rotatable bonds is 4. The highest BCUT2D eigenvalue weighted by Crippen LogP contribution is 2.43. The average Bonchev–Trinajstić information content (AvgIpc) is 3.04. The predicted octanol–water partition coefficient (Wildman–Crippen LogP) is 5.29. The minimum absolute atomic E-state index is 0.825. The molecule has 0 bridgehead atoms. The van der Waals surface area contributed by atoms with Crippen LogP contribution in [0, 0.1) is 11.8 Å². The fourth-order valence-electron chi connectivity index (χ4n) is 3.53. The first-order valence-electron chi connectivity index (χ1n) is 7.17. The molecule has 1 fully saturated rings. The summed E-state index contributed by atoms with van der Waals surface area (Å²) in [6.45, 7) is 0. The van der Waals surface area contributed by atoms with Crippen LogP contribution < -0.4 is 0 Å². The maximum Gasteiger partial charge on any atom is 0.0138 e. The van der Waals surface area contributed by atoms with Crippen molar-refractivity contribution in [1.29, 1.82) is 0 Å². The third-order valence-corrected chi connectivity index (χ3v) is 6.72. The molecule has 1 saturated carbocycles. The Morgan fingerprint density at radius 3 is 2.72 bits per heavy atom. The van der Waals surface area contributed by atoms with Crippen molar-refractivity contribution in [1.82, 2.24) is 0 Å². The fourth-order valence-corrected chi connectivity index (χ4v) is 5.75. The summed E-state index contributed by atoms with van der Waals surface area (Å²) in [5.74, 6) is 1.90. The van der Waals surface area contributed by atoms with E-state index in [0.717, 1.165) is 17.1 Å². The number of fused-ring (bicyclic) bond motifs is 1. The molecule has 1 aromatic carbocycles. The van der Waals surface area contributed by atoms with Gasteiger partial charge in [0.05, 0.1) is 0 Å². The number of hydrogen-bond acceptors (Lipinski definition) is 1. The lowest BCUT2D eigenvalue weighted by atomic mass is 9.87. The SMILES string of the molecule is BrCC(CC1Cc2ccccc2S1)C1CCCC1. The summed E-state index contributed by atoms with van der Waals surface area (Å²) in [6, 6.07) is 8.95. The maximum atomic E-state index is 3.76. The molecule has 18 heavy (non-hydrogen) atoms. The summed E-state index contributed by atoms with van der Waals surface area (Å²) >= 11 is 5.88. The fraction of sp³-hybridized carbons (Fsp3) is 0.625. The molecule has 1 aliphatic heterocycles. The second-order valence-corrected chi connectivity index (χ2v) is 7.74. The van der Waals surface area contributed by atoms with Crippen molar-refractivity contribution >= 4 is 27.7 Å². The highest BCUT2D eigenvalue weighted by Gasteiger charge is 2.29. The zero-order chi connectivity index (χ0) is 12.4. The van der Waals surface area contributed by atoms with Crippen LogP contribution in [0.15, 0.2) is 29.2 Å². The number of thioether (sulfide) groups is 1. The van der Waals surface area contributed by atoms with E-state index in [-0.39, 0.29) is 0 Å². The zero-order valence-corrected chi connectivity index (χ0v) is 13.2. The summed E-state index contributed by atoms with van der Waals surface area (Å²) in [6.07, 6.45) is 8.56. The van der Waals surface area contributed by atoms with E-state index in [0.29, 0.717) is 0 Å². The van der Waals surface area contributed by atoms with Crippen LogP contribution in [0.1, 0.15) is 37.7 Å². The van der Waals surface area contributed by atoms with Gasteiger partial charge in [-0.05, 0) is 36.3 Å². The van der Waals surface area contributed by atoms with Gasteiger partial charge in [-0.15, -0.1) is 11.8 Å². The van der Waals surface area contributed by atoms with Gasteiger partial charge in [-0.1, -0.05) is 59.8 Å². The molecule has 1 aliphatic carbocycles. The summed E-state index contributed by atoms with van der Waals surface area (Å²) in [5.41, 5.74) is 1.58. The minimum Gasteiger partial charge on any atom is -0.122 e. The number of halogens is 1. The Kier molecular flexibility index (Phi) is 4.35. The summed E-state index contributed by atoms with van der Waals surface area (Å²) < 4.78 is 0. The monoisotopic (exact) mass is 324 g/mol. The van der Waals surface area contributed by atoms with E-state index in [9.17, 15) is 0 Å². The lowest BCUT2D eigenvalue weighted by Gasteiger charge is -2.23. The molecule has 0 radical (unpaired) electrons. The third kappa shape index (κ3) is 2.80. The van der Waals surface area contributed by atoms with Crippen molar-refractivity contribution < 1.29 is 0 Å². The number of benzene rings is 1. The Bertz CT molecular complexity index is 373. The van der Waals surface area contributed by atoms with Gasteiger partial charge in [0.1, 0.15) is 0 Å². The standard InChI is InChI=1S/C16H21BrS/c17-11-14(12-5-1-2-6-12)10-15-9-13-7-3-4-8-16(13)18-15/h3-4,7-8,12,14-15H,1-2,5-6,9-11H2. The van der Waals surface area contributed by atoms with Gasteiger partial charge >= 0.3 is 0 Å². The first-order valence-corrected chi connectivity index (χ1v) is 9.17. The van der Waals surface area contributed by atoms with E-state index in [4.69, 9.17) is 0 Å². The Morgan fingerprint density at radius 1 is 1.22 bits per heavy atom. The van der Waals surface area contributed by atoms with Crippen molar-refractivity contribution in [2.45, 2.75) is 48.7 Å². The van der Waals surface area contributed by atoms with Crippen molar-refractivity contribution in [3.8, 4) is 0 Å². The summed E-state index contributed by atoms with van der Waals surface area (Å²) in [7, 11) is 0. The normalized spacial score (nSPS) is 25.3. The predicted molar refractivity (Wildman–Crippen MR) is 83.7 cm³/mol. The van der Waals surface area contributed by atoms with Crippen LogP contribution in [-0.2, 0) is 6.42 Å². The largest absolute Gasteiger partial charge is 0.122 e. The first kappa shape index (κ1) is 13.1. The Labute approximate surface area is 123 Å². The van der Waals surface area contributed by atoms with Crippen LogP contribution in [0.25, 0.3) is 0 Å². The minimum atomic E-state index is 0.825. The van der Waals surface area contributed by atoms with Gasteiger partial charge in [0.15, 0.2) is 0 Å². The van der Waals surface area contributed by atoms with E-state index in [1.54, 1.807) is 5.56 Å². The van der Waals surface area contributed by atoms with E-state index >= 15 is 0 Å². The maximum absolute atomic E-state index is 3.76. The summed E-state index contributed by atoms with van der Waals surface area (Å²) in [5, 5.41) is 2.02. The van der Waals surface area contributed by atoms with E-state index in [2.05, 4.69) is 52.0 Å². The molecule has 2 aliphatic rings. The van der Waals surface area contributed by atoms with Crippen LogP contribution in [0.3, 0.4) is 0 Å². The third-order valence-electron chi connectivity index (χ3n) is 4.54. The van der Waals surface area contributed by atoms with Crippen LogP contribution in [0.5, 0.6) is 0 Å². The Morgan fingerprint density at radius 2 is 2.00 bits per heavy atom. The molecule has 0 aromatic heterocycles. The lowest BCUT2D eigenvalue weighted by Crippen LogP contribution is -2.18. The molecule has 2 heteroatoms. The second kappa shape index (κ2) is 6.00. The molecule has 0 spiro atoms. The van der Waals surface area contributed by atoms with Crippen LogP contribution >= 0.6 is 27.7 Å². The zero-order valence-electron chi connectivity index (χ0n) is 10.8. The van der Waals surface area contributed by atoms with Gasteiger partial charge in [-0.25, -0.2) is 0 Å². The molecule has 0 amide bonds. The molecule has 0 saturated heterocycles. The van der Waals surface area contributed by atoms with Gasteiger partial charge in [-0.2, -0.15) is 0 Å². The van der Waals surface area contributed by atoms with Gasteiger partial charge < -0.3 is 0 Å². The average molecular weight is 325 g/mol. The van der Waals surface area contributed by atoms with Crippen molar-refractivity contribution in [2.75, 3.05) is 5.33 Å². The van der Waals surface area contributed by atoms with E-state index in [1.165, 1.54) is 48.8 Å². The molecule has 0 nitrogen and oxygen atoms in total. The van der Waals surface area contributed by atoms with Gasteiger partial charge in [0, 0.05) is 15.5 Å². The quantitative estimate of drug-likeness (QED) is 0.677. The van der Waals surface area contributed by atoms with Crippen LogP contribution in [0.2, 0.25) is 0 Å². The van der Waals surface area contributed by atoms with Gasteiger partial charge in [0.2, 0.25) is 0 Å². The van der Waals surface area contributed by atoms with E-state index < -0.39 is 0 Å². The molecule has 0 N–H and O–H groups in total. The first-order chi connectivity index (χ1) is 8.86. The highest BCUT2D eigenvalue weighted by molar-refractivity contribution is 9.09. The van der Waals surface area contributed by atoms with Crippen molar-refractivity contribution in [2.24, 2.45) is 11.8 Å². The van der Waals surface area contributed by atoms with E-state index in [1.807, 2.05) is 0 Å². The van der Waals surface area contributed by atoms with Gasteiger partial charge in [0.25, 0.3) is 0 Å². The molecular weight excluding hydrogens is 304 g/mol. The molecule has 2 unspecified atom stereocenters. The number of alkyl halides is 1. The lowest BCUT2D eigenvalue weighted by molar-refractivity contribution is 0.351. The van der Waals surface area contributed by atoms with Crippen LogP contribution in [0.4, 0.5) is 0 Å². The van der Waals surface area contributed by atoms with Crippen molar-refractivity contribution in [3.63, 3.8) is 0 Å². The molecule has 2 atom stereocenters. The molecule has 3 rings (SSSR count). The highest BCUT2D eigenvalue weighted by atomic mass is 79.9. The summed E-state index contributed by atoms with van der Waals surface area (Å²) in [4.78, 5) is 1.53. The second-order valence-electron chi connectivity index (χ2n) is 5.75. The Hall–Kier alpha value is 0.0500. The molecule has 98 valence electrons. The van der Waals surface area contributed by atoms with Crippen LogP contribution in [-0.4, -0.2) is 10.6 Å². The molecular formula is C16H21BrS. The molecule has 1 heterocycles. The topological polar surface area (TPSA) is 0 Å². The molecule has 1 aromatic rings. The van der Waals surface area contributed by atoms with Crippen molar-refractivity contribution in [3.05, 3.63) is 29.8 Å². The Balaban J connectivity index is 1.60. The van der Waals surface area contributed by atoms with Gasteiger partial charge in [-0.3, -0.25) is 0 Å². The smallest absolute Gasteiger partial charge is 0.0138 e.